The molecule has 0 spiro atoms. The molecule has 5 aromatic carbocycles. The second-order valence-corrected chi connectivity index (χ2v) is 18.4. The van der Waals surface area contributed by atoms with Crippen LogP contribution in [-0.4, -0.2) is 16.3 Å². The van der Waals surface area contributed by atoms with Crippen LogP contribution < -0.4 is 0 Å². The molecule has 6 rings (SSSR count). The van der Waals surface area contributed by atoms with Crippen LogP contribution in [0.5, 0.6) is 5.75 Å². The van der Waals surface area contributed by atoms with Gasteiger partial charge in [-0.25, -0.2) is 4.98 Å². The van der Waals surface area contributed by atoms with Crippen LogP contribution in [0.15, 0.2) is 89.9 Å². The van der Waals surface area contributed by atoms with Gasteiger partial charge in [-0.3, -0.25) is 4.99 Å². The van der Waals surface area contributed by atoms with Crippen LogP contribution in [0.2, 0.25) is 0 Å². The smallest absolute Gasteiger partial charge is 0.128 e. The summed E-state index contributed by atoms with van der Waals surface area (Å²) < 4.78 is 1.17. The van der Waals surface area contributed by atoms with Gasteiger partial charge >= 0.3 is 0 Å². The molecule has 0 bridgehead atoms. The quantitative estimate of drug-likeness (QED) is 0.178. The Balaban J connectivity index is 1.55. The van der Waals surface area contributed by atoms with Crippen LogP contribution in [0.25, 0.3) is 42.7 Å². The fourth-order valence-electron chi connectivity index (χ4n) is 6.55. The molecule has 0 amide bonds. The number of aliphatic imine (C=N–C) groups is 1. The summed E-state index contributed by atoms with van der Waals surface area (Å²) in [6, 6.07) is 30.7. The summed E-state index contributed by atoms with van der Waals surface area (Å²) in [5.74, 6) is 0.901. The van der Waals surface area contributed by atoms with Gasteiger partial charge in [0.25, 0.3) is 0 Å². The minimum Gasteiger partial charge on any atom is -0.507 e. The van der Waals surface area contributed by atoms with Crippen molar-refractivity contribution in [2.75, 3.05) is 0 Å². The number of fused-ring (bicyclic) bond motifs is 2. The zero-order chi connectivity index (χ0) is 36.2. The molecule has 0 aliphatic rings. The summed E-state index contributed by atoms with van der Waals surface area (Å²) in [5, 5.41) is 14.7. The van der Waals surface area contributed by atoms with Gasteiger partial charge < -0.3 is 5.11 Å². The number of aromatic nitrogens is 1. The van der Waals surface area contributed by atoms with Crippen molar-refractivity contribution in [3.8, 4) is 27.4 Å². The Hall–Kier alpha value is -4.28. The van der Waals surface area contributed by atoms with E-state index in [1.807, 2.05) is 6.21 Å². The van der Waals surface area contributed by atoms with Crippen molar-refractivity contribution in [1.82, 2.24) is 4.98 Å². The molecule has 6 aromatic rings. The van der Waals surface area contributed by atoms with E-state index in [1.54, 1.807) is 11.3 Å². The highest BCUT2D eigenvalue weighted by atomic mass is 32.1. The Morgan fingerprint density at radius 2 is 1.40 bits per heavy atom. The standard InChI is InChI=1S/C46H52N2OS/c1-28(2)22-29-16-18-31(19-17-29)37-24-34(45(6,7)8)26-39-41(37)48-43(50-39)36-21-20-30-14-12-13-15-35(30)40(36)47-27-32-23-33(44(3,4)5)25-38(42(32)49)46(9,10)11/h12-21,23-28,49H,22H2,1-11H3. The molecule has 0 atom stereocenters. The van der Waals surface area contributed by atoms with Gasteiger partial charge in [0.1, 0.15) is 10.8 Å². The molecular weight excluding hydrogens is 629 g/mol. The molecule has 1 heterocycles. The first-order valence-corrected chi connectivity index (χ1v) is 18.7. The first-order chi connectivity index (χ1) is 23.4. The second kappa shape index (κ2) is 13.1. The van der Waals surface area contributed by atoms with E-state index in [4.69, 9.17) is 9.98 Å². The molecule has 4 heteroatoms. The number of benzene rings is 5. The van der Waals surface area contributed by atoms with Crippen LogP contribution in [0.3, 0.4) is 0 Å². The Kier molecular flexibility index (Phi) is 9.33. The first-order valence-electron chi connectivity index (χ1n) is 17.9. The lowest BCUT2D eigenvalue weighted by molar-refractivity contribution is 0.444. The molecule has 3 nitrogen and oxygen atoms in total. The van der Waals surface area contributed by atoms with Crippen molar-refractivity contribution in [1.29, 1.82) is 0 Å². The van der Waals surface area contributed by atoms with Crippen LogP contribution in [0, 0.1) is 5.92 Å². The molecule has 0 aliphatic carbocycles. The number of thiazole rings is 1. The Morgan fingerprint density at radius 3 is 2.04 bits per heavy atom. The van der Waals surface area contributed by atoms with Gasteiger partial charge in [0.05, 0.1) is 15.9 Å². The molecule has 0 aliphatic heterocycles. The molecule has 0 fully saturated rings. The van der Waals surface area contributed by atoms with Crippen molar-refractivity contribution < 1.29 is 5.11 Å². The predicted molar refractivity (Wildman–Crippen MR) is 218 cm³/mol. The van der Waals surface area contributed by atoms with Crippen LogP contribution in [0.4, 0.5) is 5.69 Å². The van der Waals surface area contributed by atoms with Gasteiger partial charge in [-0.1, -0.05) is 137 Å². The molecule has 1 aromatic heterocycles. The first kappa shape index (κ1) is 35.5. The van der Waals surface area contributed by atoms with Crippen LogP contribution in [0.1, 0.15) is 104 Å². The number of hydrogen-bond acceptors (Lipinski definition) is 4. The molecule has 0 radical (unpaired) electrons. The van der Waals surface area contributed by atoms with E-state index in [2.05, 4.69) is 161 Å². The summed E-state index contributed by atoms with van der Waals surface area (Å²) in [7, 11) is 0. The zero-order valence-corrected chi connectivity index (χ0v) is 32.5. The second-order valence-electron chi connectivity index (χ2n) is 17.3. The molecule has 0 saturated carbocycles. The van der Waals surface area contributed by atoms with E-state index >= 15 is 0 Å². The molecule has 0 unspecified atom stereocenters. The predicted octanol–water partition coefficient (Wildman–Crippen LogP) is 13.3. The largest absolute Gasteiger partial charge is 0.507 e. The number of phenolic OH excluding ortho intramolecular Hbond substituents is 1. The molecule has 50 heavy (non-hydrogen) atoms. The van der Waals surface area contributed by atoms with E-state index in [1.165, 1.54) is 27.0 Å². The fourth-order valence-corrected chi connectivity index (χ4v) is 7.61. The van der Waals surface area contributed by atoms with Crippen LogP contribution in [-0.2, 0) is 22.7 Å². The SMILES string of the molecule is CC(C)Cc1ccc(-c2cc(C(C)(C)C)cc3sc(-c4ccc5ccccc5c4N=Cc4cc(C(C)(C)C)cc(C(C)(C)C)c4O)nc23)cc1. The third kappa shape index (κ3) is 7.28. The summed E-state index contributed by atoms with van der Waals surface area (Å²) in [4.78, 5) is 10.6. The highest BCUT2D eigenvalue weighted by Crippen LogP contribution is 2.44. The summed E-state index contributed by atoms with van der Waals surface area (Å²) >= 11 is 1.73. The number of rotatable bonds is 6. The number of hydrogen-bond donors (Lipinski definition) is 1. The summed E-state index contributed by atoms with van der Waals surface area (Å²) in [6.07, 6.45) is 2.92. The normalized spacial score (nSPS) is 13.0. The van der Waals surface area contributed by atoms with Crippen molar-refractivity contribution in [2.24, 2.45) is 10.9 Å². The summed E-state index contributed by atoms with van der Waals surface area (Å²) in [5.41, 5.74) is 10.4. The van der Waals surface area contributed by atoms with E-state index in [-0.39, 0.29) is 22.0 Å². The number of nitrogens with zero attached hydrogens (tertiary/aromatic N) is 2. The molecular formula is C46H52N2OS. The fraction of sp³-hybridized carbons (Fsp3) is 0.348. The van der Waals surface area contributed by atoms with Crippen molar-refractivity contribution >= 4 is 44.2 Å². The van der Waals surface area contributed by atoms with E-state index in [0.29, 0.717) is 5.92 Å². The Labute approximate surface area is 303 Å². The Morgan fingerprint density at radius 1 is 0.740 bits per heavy atom. The van der Waals surface area contributed by atoms with E-state index in [0.717, 1.165) is 55.7 Å². The van der Waals surface area contributed by atoms with Gasteiger partial charge in [-0.15, -0.1) is 11.3 Å². The molecule has 258 valence electrons. The van der Waals surface area contributed by atoms with E-state index in [9.17, 15) is 5.11 Å². The monoisotopic (exact) mass is 680 g/mol. The maximum absolute atomic E-state index is 11.6. The topological polar surface area (TPSA) is 45.5 Å². The third-order valence-electron chi connectivity index (χ3n) is 9.55. The lowest BCUT2D eigenvalue weighted by atomic mass is 9.79. The highest BCUT2D eigenvalue weighted by molar-refractivity contribution is 7.21. The van der Waals surface area contributed by atoms with Gasteiger partial charge in [0.15, 0.2) is 0 Å². The zero-order valence-electron chi connectivity index (χ0n) is 31.7. The average molecular weight is 681 g/mol. The maximum atomic E-state index is 11.6. The average Bonchev–Trinajstić information content (AvgIpc) is 3.46. The number of aromatic hydroxyl groups is 1. The molecule has 0 saturated heterocycles. The van der Waals surface area contributed by atoms with Gasteiger partial charge in [-0.2, -0.15) is 0 Å². The van der Waals surface area contributed by atoms with E-state index < -0.39 is 0 Å². The maximum Gasteiger partial charge on any atom is 0.128 e. The summed E-state index contributed by atoms with van der Waals surface area (Å²) in [6.45, 7) is 24.4. The number of phenols is 1. The van der Waals surface area contributed by atoms with Gasteiger partial charge in [0.2, 0.25) is 0 Å². The minimum absolute atomic E-state index is 0.0153. The molecule has 1 N–H and O–H groups in total. The van der Waals surface area contributed by atoms with Crippen molar-refractivity contribution in [2.45, 2.75) is 98.8 Å². The van der Waals surface area contributed by atoms with Gasteiger partial charge in [0, 0.05) is 33.9 Å². The lowest BCUT2D eigenvalue weighted by Gasteiger charge is -2.27. The van der Waals surface area contributed by atoms with Gasteiger partial charge in [-0.05, 0) is 80.5 Å². The van der Waals surface area contributed by atoms with Crippen LogP contribution >= 0.6 is 11.3 Å². The Bertz CT molecular complexity index is 2220. The highest BCUT2D eigenvalue weighted by Gasteiger charge is 2.25. The minimum atomic E-state index is -0.224. The van der Waals surface area contributed by atoms with Crippen molar-refractivity contribution in [3.63, 3.8) is 0 Å². The van der Waals surface area contributed by atoms with Crippen molar-refractivity contribution in [3.05, 3.63) is 113 Å². The lowest BCUT2D eigenvalue weighted by Crippen LogP contribution is -2.17. The third-order valence-corrected chi connectivity index (χ3v) is 10.6.